The Kier molecular flexibility index (Phi) is 10.2. The van der Waals surface area contributed by atoms with Gasteiger partial charge >= 0.3 is 0 Å². The maximum Gasteiger partial charge on any atom is 0.276 e. The van der Waals surface area contributed by atoms with Gasteiger partial charge in [0.2, 0.25) is 5.91 Å². The minimum Gasteiger partial charge on any atom is -0.321 e. The molecule has 3 N–H and O–H groups in total. The summed E-state index contributed by atoms with van der Waals surface area (Å²) in [6.45, 7) is 0. The molecule has 242 valence electrons. The van der Waals surface area contributed by atoms with Crippen molar-refractivity contribution in [1.29, 1.82) is 0 Å². The Labute approximate surface area is 289 Å². The number of amides is 3. The Morgan fingerprint density at radius 2 is 1.53 bits per heavy atom. The number of thiazole rings is 1. The molecule has 10 nitrogen and oxygen atoms in total. The van der Waals surface area contributed by atoms with E-state index in [0.717, 1.165) is 26.9 Å². The Morgan fingerprint density at radius 1 is 0.816 bits per heavy atom. The minimum absolute atomic E-state index is 0.144. The molecule has 0 saturated carbocycles. The van der Waals surface area contributed by atoms with Crippen LogP contribution in [0, 0.1) is 10.1 Å². The number of benzene rings is 5. The predicted octanol–water partition coefficient (Wildman–Crippen LogP) is 8.01. The van der Waals surface area contributed by atoms with Crippen LogP contribution in [0.25, 0.3) is 28.1 Å². The van der Waals surface area contributed by atoms with Crippen molar-refractivity contribution in [2.45, 2.75) is 4.90 Å². The van der Waals surface area contributed by atoms with Crippen molar-refractivity contribution in [3.05, 3.63) is 154 Å². The Bertz CT molecular complexity index is 2200. The maximum absolute atomic E-state index is 13.4. The van der Waals surface area contributed by atoms with E-state index in [0.29, 0.717) is 16.4 Å². The fourth-order valence-corrected chi connectivity index (χ4v) is 6.26. The summed E-state index contributed by atoms with van der Waals surface area (Å²) >= 11 is 2.68. The van der Waals surface area contributed by atoms with Crippen molar-refractivity contribution < 1.29 is 19.3 Å². The topological polar surface area (TPSA) is 143 Å². The van der Waals surface area contributed by atoms with Crippen molar-refractivity contribution in [3.63, 3.8) is 0 Å². The molecule has 6 aromatic rings. The normalized spacial score (nSPS) is 11.1. The van der Waals surface area contributed by atoms with Gasteiger partial charge in [0.1, 0.15) is 5.70 Å². The molecule has 0 aliphatic carbocycles. The van der Waals surface area contributed by atoms with Crippen molar-refractivity contribution >= 4 is 74.2 Å². The van der Waals surface area contributed by atoms with Crippen LogP contribution in [0.4, 0.5) is 16.5 Å². The number of fused-ring (bicyclic) bond motifs is 1. The molecule has 49 heavy (non-hydrogen) atoms. The number of nitrogens with zero attached hydrogens (tertiary/aromatic N) is 2. The van der Waals surface area contributed by atoms with Crippen molar-refractivity contribution in [2.75, 3.05) is 16.4 Å². The Balaban J connectivity index is 1.08. The molecule has 1 aromatic heterocycles. The number of nitro groups is 1. The molecule has 0 fully saturated rings. The van der Waals surface area contributed by atoms with E-state index >= 15 is 0 Å². The number of aromatic nitrogens is 1. The van der Waals surface area contributed by atoms with Crippen LogP contribution in [0.1, 0.15) is 15.9 Å². The maximum atomic E-state index is 13.4. The van der Waals surface area contributed by atoms with Gasteiger partial charge in [-0.25, -0.2) is 4.98 Å². The first-order chi connectivity index (χ1) is 23.8. The summed E-state index contributed by atoms with van der Waals surface area (Å²) < 4.78 is 0. The molecule has 0 unspecified atom stereocenters. The summed E-state index contributed by atoms with van der Waals surface area (Å²) in [5.74, 6) is -1.28. The van der Waals surface area contributed by atoms with Crippen LogP contribution in [0.2, 0.25) is 0 Å². The van der Waals surface area contributed by atoms with Gasteiger partial charge in [0.25, 0.3) is 17.5 Å². The van der Waals surface area contributed by atoms with Crippen molar-refractivity contribution in [2.24, 2.45) is 0 Å². The molecule has 0 spiro atoms. The number of carbonyl (C=O) groups excluding carboxylic acids is 3. The van der Waals surface area contributed by atoms with E-state index in [1.54, 1.807) is 60.7 Å². The summed E-state index contributed by atoms with van der Waals surface area (Å²) in [6, 6.07) is 35.3. The highest BCUT2D eigenvalue weighted by Crippen LogP contribution is 2.28. The molecule has 0 saturated heterocycles. The zero-order valence-corrected chi connectivity index (χ0v) is 27.3. The van der Waals surface area contributed by atoms with Gasteiger partial charge in [-0.1, -0.05) is 66.7 Å². The van der Waals surface area contributed by atoms with Gasteiger partial charge in [-0.15, -0.1) is 23.1 Å². The van der Waals surface area contributed by atoms with E-state index in [1.807, 2.05) is 35.7 Å². The van der Waals surface area contributed by atoms with E-state index in [4.69, 9.17) is 0 Å². The van der Waals surface area contributed by atoms with Gasteiger partial charge in [0.05, 0.1) is 21.9 Å². The summed E-state index contributed by atoms with van der Waals surface area (Å²) in [6.07, 6.45) is 1.27. The first kappa shape index (κ1) is 32.8. The van der Waals surface area contributed by atoms with Crippen LogP contribution in [0.15, 0.2) is 137 Å². The number of nitro benzene ring substituents is 1. The number of anilines is 2. The number of hydrogen-bond donors (Lipinski definition) is 3. The molecule has 0 aliphatic heterocycles. The molecule has 6 rings (SSSR count). The second-order valence-corrected chi connectivity index (χ2v) is 12.5. The predicted molar refractivity (Wildman–Crippen MR) is 194 cm³/mol. The number of thioether (sulfide) groups is 1. The second kappa shape index (κ2) is 15.2. The van der Waals surface area contributed by atoms with E-state index in [2.05, 4.69) is 33.1 Å². The number of rotatable bonds is 11. The first-order valence-electron chi connectivity index (χ1n) is 14.9. The van der Waals surface area contributed by atoms with Gasteiger partial charge < -0.3 is 16.0 Å². The molecule has 12 heteroatoms. The van der Waals surface area contributed by atoms with Crippen molar-refractivity contribution in [3.8, 4) is 11.3 Å². The molecule has 3 amide bonds. The van der Waals surface area contributed by atoms with Crippen LogP contribution >= 0.6 is 23.1 Å². The van der Waals surface area contributed by atoms with Crippen LogP contribution in [-0.4, -0.2) is 33.4 Å². The van der Waals surface area contributed by atoms with Gasteiger partial charge in [0, 0.05) is 33.2 Å². The highest BCUT2D eigenvalue weighted by molar-refractivity contribution is 8.00. The largest absolute Gasteiger partial charge is 0.321 e. The number of para-hydroxylation sites is 1. The first-order valence-corrected chi connectivity index (χ1v) is 16.8. The lowest BCUT2D eigenvalue weighted by Crippen LogP contribution is -2.30. The lowest BCUT2D eigenvalue weighted by Gasteiger charge is -2.12. The molecule has 5 aromatic carbocycles. The zero-order valence-electron chi connectivity index (χ0n) is 25.7. The fourth-order valence-electron chi connectivity index (χ4n) is 4.82. The SMILES string of the molecule is O=C(CSc1ccc(NC(=O)/C(=C/c2ccccc2[N+](=O)[O-])NC(=O)c2ccccc2)cc1)Nc1nc(-c2ccc3ccccc3c2)cs1. The summed E-state index contributed by atoms with van der Waals surface area (Å²) in [5, 5.41) is 24.4. The van der Waals surface area contributed by atoms with E-state index in [-0.39, 0.29) is 28.6 Å². The van der Waals surface area contributed by atoms with Crippen molar-refractivity contribution in [1.82, 2.24) is 10.3 Å². The smallest absolute Gasteiger partial charge is 0.276 e. The molecular formula is C37H27N5O5S2. The third-order valence-electron chi connectivity index (χ3n) is 7.24. The third kappa shape index (κ3) is 8.44. The lowest BCUT2D eigenvalue weighted by molar-refractivity contribution is -0.385. The molecule has 0 radical (unpaired) electrons. The fraction of sp³-hybridized carbons (Fsp3) is 0.0270. The summed E-state index contributed by atoms with van der Waals surface area (Å²) in [7, 11) is 0. The summed E-state index contributed by atoms with van der Waals surface area (Å²) in [5.41, 5.74) is 2.26. The lowest BCUT2D eigenvalue weighted by atomic mass is 10.1. The van der Waals surface area contributed by atoms with Crippen LogP contribution < -0.4 is 16.0 Å². The molecule has 0 atom stereocenters. The number of hydrogen-bond acceptors (Lipinski definition) is 8. The Morgan fingerprint density at radius 3 is 2.31 bits per heavy atom. The third-order valence-corrected chi connectivity index (χ3v) is 9.01. The number of carbonyl (C=O) groups is 3. The van der Waals surface area contributed by atoms with Crippen LogP contribution in [0.5, 0.6) is 0 Å². The average Bonchev–Trinajstić information content (AvgIpc) is 3.59. The van der Waals surface area contributed by atoms with Crippen LogP contribution in [0.3, 0.4) is 0 Å². The average molecular weight is 686 g/mol. The van der Waals surface area contributed by atoms with Gasteiger partial charge in [0.15, 0.2) is 5.13 Å². The monoisotopic (exact) mass is 685 g/mol. The highest BCUT2D eigenvalue weighted by Gasteiger charge is 2.18. The molecule has 0 aliphatic rings. The molecule has 0 bridgehead atoms. The second-order valence-electron chi connectivity index (χ2n) is 10.6. The quantitative estimate of drug-likeness (QED) is 0.0543. The van der Waals surface area contributed by atoms with E-state index in [1.165, 1.54) is 47.4 Å². The summed E-state index contributed by atoms with van der Waals surface area (Å²) in [4.78, 5) is 55.4. The molecular weight excluding hydrogens is 659 g/mol. The number of nitrogens with one attached hydrogen (secondary N) is 3. The minimum atomic E-state index is -0.672. The highest BCUT2D eigenvalue weighted by atomic mass is 32.2. The molecule has 1 heterocycles. The van der Waals surface area contributed by atoms with E-state index in [9.17, 15) is 24.5 Å². The zero-order chi connectivity index (χ0) is 34.2. The van der Waals surface area contributed by atoms with E-state index < -0.39 is 16.7 Å². The standard InChI is InChI=1S/C37H27N5O5S2/c43-34(41-37-40-32(22-49-37)27-15-14-24-8-4-5-11-26(24)20-27)23-48-30-18-16-29(17-19-30)38-36(45)31(39-35(44)25-9-2-1-3-10-25)21-28-12-6-7-13-33(28)42(46)47/h1-22H,23H2,(H,38,45)(H,39,44)(H,40,41,43)/b31-21-. The Hall–Kier alpha value is -6.11. The van der Waals surface area contributed by atoms with Gasteiger partial charge in [-0.05, 0) is 65.4 Å². The van der Waals surface area contributed by atoms with Crippen LogP contribution in [-0.2, 0) is 9.59 Å². The van der Waals surface area contributed by atoms with Gasteiger partial charge in [-0.2, -0.15) is 0 Å². The van der Waals surface area contributed by atoms with Gasteiger partial charge in [-0.3, -0.25) is 24.5 Å².